The first-order valence-corrected chi connectivity index (χ1v) is 6.40. The van der Waals surface area contributed by atoms with E-state index < -0.39 is 5.82 Å². The summed E-state index contributed by atoms with van der Waals surface area (Å²) in [5, 5.41) is 4.04. The van der Waals surface area contributed by atoms with Crippen LogP contribution < -0.4 is 0 Å². The molecule has 0 saturated carbocycles. The lowest BCUT2D eigenvalue weighted by Gasteiger charge is -2.03. The summed E-state index contributed by atoms with van der Waals surface area (Å²) >= 11 is 7.13. The minimum absolute atomic E-state index is 0.0648. The molecule has 0 saturated heterocycles. The molecule has 0 aliphatic carbocycles. The molecular formula is C13H10ClFOS. The summed E-state index contributed by atoms with van der Waals surface area (Å²) in [6.45, 7) is 1.88. The summed E-state index contributed by atoms with van der Waals surface area (Å²) in [7, 11) is 0. The zero-order valence-corrected chi connectivity index (χ0v) is 10.7. The van der Waals surface area contributed by atoms with Gasteiger partial charge in [-0.25, -0.2) is 4.39 Å². The highest BCUT2D eigenvalue weighted by Crippen LogP contribution is 2.19. The molecule has 0 amide bonds. The van der Waals surface area contributed by atoms with E-state index in [1.807, 2.05) is 12.3 Å². The van der Waals surface area contributed by atoms with Crippen molar-refractivity contribution in [2.45, 2.75) is 13.3 Å². The van der Waals surface area contributed by atoms with Gasteiger partial charge >= 0.3 is 0 Å². The number of rotatable bonds is 3. The Labute approximate surface area is 108 Å². The molecule has 4 heteroatoms. The van der Waals surface area contributed by atoms with Crippen molar-refractivity contribution in [2.75, 3.05) is 0 Å². The fourth-order valence-corrected chi connectivity index (χ4v) is 2.59. The van der Waals surface area contributed by atoms with Gasteiger partial charge in [0.1, 0.15) is 5.82 Å². The first-order valence-electron chi connectivity index (χ1n) is 5.08. The third kappa shape index (κ3) is 2.73. The molecule has 1 nitrogen and oxygen atoms in total. The van der Waals surface area contributed by atoms with Gasteiger partial charge in [-0.3, -0.25) is 4.79 Å². The Morgan fingerprint density at radius 2 is 2.18 bits per heavy atom. The Kier molecular flexibility index (Phi) is 3.60. The van der Waals surface area contributed by atoms with Gasteiger partial charge in [-0.2, -0.15) is 11.3 Å². The van der Waals surface area contributed by atoms with Gasteiger partial charge in [0.2, 0.25) is 0 Å². The number of thiophene rings is 1. The first kappa shape index (κ1) is 12.3. The van der Waals surface area contributed by atoms with Gasteiger partial charge in [0, 0.05) is 22.4 Å². The molecule has 0 fully saturated rings. The maximum atomic E-state index is 13.5. The van der Waals surface area contributed by atoms with E-state index in [9.17, 15) is 9.18 Å². The van der Waals surface area contributed by atoms with Crippen molar-refractivity contribution in [3.05, 3.63) is 56.5 Å². The van der Waals surface area contributed by atoms with E-state index >= 15 is 0 Å². The van der Waals surface area contributed by atoms with Crippen molar-refractivity contribution in [3.63, 3.8) is 0 Å². The molecule has 1 aromatic heterocycles. The Balaban J connectivity index is 2.22. The van der Waals surface area contributed by atoms with E-state index in [0.717, 1.165) is 5.56 Å². The number of carbonyl (C=O) groups excluding carboxylic acids is 1. The SMILES string of the molecule is Cc1cscc1C(=O)Cc1ccc(Cl)cc1F. The monoisotopic (exact) mass is 268 g/mol. The van der Waals surface area contributed by atoms with Gasteiger partial charge < -0.3 is 0 Å². The van der Waals surface area contributed by atoms with Gasteiger partial charge in [0.15, 0.2) is 5.78 Å². The number of carbonyl (C=O) groups is 1. The Bertz CT molecular complexity index is 562. The van der Waals surface area contributed by atoms with Crippen molar-refractivity contribution >= 4 is 28.7 Å². The second-order valence-corrected chi connectivity index (χ2v) is 4.98. The highest BCUT2D eigenvalue weighted by atomic mass is 35.5. The second kappa shape index (κ2) is 4.98. The Morgan fingerprint density at radius 3 is 2.76 bits per heavy atom. The van der Waals surface area contributed by atoms with Crippen LogP contribution in [0.5, 0.6) is 0 Å². The molecule has 0 aliphatic heterocycles. The van der Waals surface area contributed by atoms with Gasteiger partial charge in [0.05, 0.1) is 0 Å². The number of hydrogen-bond donors (Lipinski definition) is 0. The molecule has 2 rings (SSSR count). The highest BCUT2D eigenvalue weighted by molar-refractivity contribution is 7.08. The maximum Gasteiger partial charge on any atom is 0.168 e. The minimum atomic E-state index is -0.432. The lowest BCUT2D eigenvalue weighted by atomic mass is 10.0. The molecule has 1 aromatic carbocycles. The van der Waals surface area contributed by atoms with Crippen molar-refractivity contribution < 1.29 is 9.18 Å². The van der Waals surface area contributed by atoms with Crippen LogP contribution in [0.25, 0.3) is 0 Å². The molecule has 0 radical (unpaired) electrons. The Hall–Kier alpha value is -1.19. The second-order valence-electron chi connectivity index (χ2n) is 3.80. The molecule has 88 valence electrons. The molecule has 0 atom stereocenters. The van der Waals surface area contributed by atoms with E-state index in [4.69, 9.17) is 11.6 Å². The number of Topliss-reactive ketones (excluding diaryl/α,β-unsaturated/α-hetero) is 1. The smallest absolute Gasteiger partial charge is 0.168 e. The minimum Gasteiger partial charge on any atom is -0.294 e. The molecular weight excluding hydrogens is 259 g/mol. The zero-order valence-electron chi connectivity index (χ0n) is 9.17. The van der Waals surface area contributed by atoms with Crippen LogP contribution in [0.4, 0.5) is 4.39 Å². The van der Waals surface area contributed by atoms with Crippen LogP contribution in [-0.2, 0) is 6.42 Å². The predicted molar refractivity (Wildman–Crippen MR) is 68.5 cm³/mol. The van der Waals surface area contributed by atoms with Crippen LogP contribution in [0.2, 0.25) is 5.02 Å². The molecule has 0 spiro atoms. The average Bonchev–Trinajstić information content (AvgIpc) is 2.68. The average molecular weight is 269 g/mol. The Morgan fingerprint density at radius 1 is 1.41 bits per heavy atom. The molecule has 0 aliphatic rings. The van der Waals surface area contributed by atoms with Crippen LogP contribution in [0.15, 0.2) is 29.0 Å². The van der Waals surface area contributed by atoms with Crippen molar-refractivity contribution in [1.82, 2.24) is 0 Å². The largest absolute Gasteiger partial charge is 0.294 e. The third-order valence-electron chi connectivity index (χ3n) is 2.52. The van der Waals surface area contributed by atoms with Gasteiger partial charge in [0.25, 0.3) is 0 Å². The van der Waals surface area contributed by atoms with Crippen LogP contribution in [0.3, 0.4) is 0 Å². The molecule has 17 heavy (non-hydrogen) atoms. The van der Waals surface area contributed by atoms with Crippen LogP contribution in [0.1, 0.15) is 21.5 Å². The molecule has 1 heterocycles. The number of aryl methyl sites for hydroxylation is 1. The van der Waals surface area contributed by atoms with E-state index in [1.54, 1.807) is 17.5 Å². The van der Waals surface area contributed by atoms with E-state index in [-0.39, 0.29) is 12.2 Å². The summed E-state index contributed by atoms with van der Waals surface area (Å²) in [4.78, 5) is 11.9. The lowest BCUT2D eigenvalue weighted by molar-refractivity contribution is 0.0991. The van der Waals surface area contributed by atoms with Gasteiger partial charge in [-0.1, -0.05) is 17.7 Å². The molecule has 2 aromatic rings. The summed E-state index contributed by atoms with van der Waals surface area (Å²) in [6, 6.07) is 4.37. The van der Waals surface area contributed by atoms with Gasteiger partial charge in [-0.05, 0) is 35.6 Å². The summed E-state index contributed by atoms with van der Waals surface area (Å²) in [6.07, 6.45) is 0.0700. The number of hydrogen-bond acceptors (Lipinski definition) is 2. The van der Waals surface area contributed by atoms with E-state index in [0.29, 0.717) is 16.1 Å². The third-order valence-corrected chi connectivity index (χ3v) is 3.62. The number of benzene rings is 1. The van der Waals surface area contributed by atoms with Crippen LogP contribution >= 0.6 is 22.9 Å². The highest BCUT2D eigenvalue weighted by Gasteiger charge is 2.13. The van der Waals surface area contributed by atoms with Crippen molar-refractivity contribution in [2.24, 2.45) is 0 Å². The van der Waals surface area contributed by atoms with Crippen molar-refractivity contribution in [1.29, 1.82) is 0 Å². The van der Waals surface area contributed by atoms with Gasteiger partial charge in [-0.15, -0.1) is 0 Å². The van der Waals surface area contributed by atoms with Crippen LogP contribution in [0, 0.1) is 12.7 Å². The van der Waals surface area contributed by atoms with Crippen molar-refractivity contribution in [3.8, 4) is 0 Å². The number of ketones is 1. The summed E-state index contributed by atoms with van der Waals surface area (Å²) in [5.74, 6) is -0.497. The lowest BCUT2D eigenvalue weighted by Crippen LogP contribution is -2.05. The fraction of sp³-hybridized carbons (Fsp3) is 0.154. The summed E-state index contributed by atoms with van der Waals surface area (Å²) in [5.41, 5.74) is 1.99. The van der Waals surface area contributed by atoms with Crippen LogP contribution in [-0.4, -0.2) is 5.78 Å². The normalized spacial score (nSPS) is 10.5. The summed E-state index contributed by atoms with van der Waals surface area (Å²) < 4.78 is 13.5. The number of halogens is 2. The molecule has 0 bridgehead atoms. The topological polar surface area (TPSA) is 17.1 Å². The maximum absolute atomic E-state index is 13.5. The van der Waals surface area contributed by atoms with E-state index in [2.05, 4.69) is 0 Å². The molecule has 0 N–H and O–H groups in total. The molecule has 0 unspecified atom stereocenters. The standard InChI is InChI=1S/C13H10ClFOS/c1-8-6-17-7-11(8)13(16)4-9-2-3-10(14)5-12(9)15/h2-3,5-7H,4H2,1H3. The predicted octanol–water partition coefficient (Wildman–Crippen LogP) is 4.27. The zero-order chi connectivity index (χ0) is 12.4. The fourth-order valence-electron chi connectivity index (χ4n) is 1.58. The quantitative estimate of drug-likeness (QED) is 0.760. The van der Waals surface area contributed by atoms with E-state index in [1.165, 1.54) is 17.4 Å². The first-order chi connectivity index (χ1) is 8.08.